The van der Waals surface area contributed by atoms with Crippen LogP contribution in [0.4, 0.5) is 5.82 Å². The average molecular weight is 312 g/mol. The summed E-state index contributed by atoms with van der Waals surface area (Å²) in [5.41, 5.74) is 1.04. The topological polar surface area (TPSA) is 64.1 Å². The molecule has 0 unspecified atom stereocenters. The minimum atomic E-state index is -0.599. The van der Waals surface area contributed by atoms with Gasteiger partial charge in [0.2, 0.25) is 0 Å². The van der Waals surface area contributed by atoms with Crippen LogP contribution in [0.15, 0.2) is 30.5 Å². The Balaban J connectivity index is 2.16. The molecule has 0 amide bonds. The van der Waals surface area contributed by atoms with Crippen molar-refractivity contribution in [2.75, 3.05) is 12.4 Å². The first-order valence-corrected chi connectivity index (χ1v) is 6.45. The number of rotatable bonds is 4. The molecule has 1 N–H and O–H groups in total. The van der Waals surface area contributed by atoms with Gasteiger partial charge in [-0.25, -0.2) is 14.8 Å². The summed E-state index contributed by atoms with van der Waals surface area (Å²) in [5.74, 6) is -0.283. The number of hydrogen-bond donors (Lipinski definition) is 1. The summed E-state index contributed by atoms with van der Waals surface area (Å²) in [6.07, 6.45) is 1.36. The lowest BCUT2D eigenvalue weighted by atomic mass is 10.2. The van der Waals surface area contributed by atoms with Crippen LogP contribution in [0, 0.1) is 0 Å². The minimum absolute atomic E-state index is 0.0500. The maximum Gasteiger partial charge on any atom is 0.360 e. The van der Waals surface area contributed by atoms with Crippen LogP contribution in [0.5, 0.6) is 0 Å². The van der Waals surface area contributed by atoms with Crippen molar-refractivity contribution in [3.8, 4) is 0 Å². The number of esters is 1. The first kappa shape index (κ1) is 14.6. The highest BCUT2D eigenvalue weighted by molar-refractivity contribution is 6.30. The minimum Gasteiger partial charge on any atom is -0.464 e. The number of methoxy groups -OCH3 is 1. The molecule has 0 fully saturated rings. The van der Waals surface area contributed by atoms with Crippen molar-refractivity contribution < 1.29 is 9.53 Å². The number of halogens is 2. The Hall–Kier alpha value is -1.85. The van der Waals surface area contributed by atoms with Gasteiger partial charge in [0.05, 0.1) is 13.3 Å². The van der Waals surface area contributed by atoms with Crippen LogP contribution in [-0.4, -0.2) is 23.0 Å². The van der Waals surface area contributed by atoms with Gasteiger partial charge in [0, 0.05) is 11.6 Å². The molecule has 0 saturated carbocycles. The molecule has 2 rings (SSSR count). The Bertz CT molecular complexity index is 618. The Labute approximate surface area is 125 Å². The van der Waals surface area contributed by atoms with E-state index in [4.69, 9.17) is 23.2 Å². The normalized spacial score (nSPS) is 10.2. The van der Waals surface area contributed by atoms with Gasteiger partial charge in [-0.2, -0.15) is 0 Å². The summed E-state index contributed by atoms with van der Waals surface area (Å²) >= 11 is 11.5. The molecule has 0 aliphatic heterocycles. The van der Waals surface area contributed by atoms with E-state index in [1.165, 1.54) is 13.3 Å². The summed E-state index contributed by atoms with van der Waals surface area (Å²) in [7, 11) is 1.27. The fraction of sp³-hybridized carbons (Fsp3) is 0.154. The molecule has 0 aliphatic rings. The lowest BCUT2D eigenvalue weighted by Crippen LogP contribution is -2.12. The molecule has 0 bridgehead atoms. The molecule has 1 aromatic heterocycles. The van der Waals surface area contributed by atoms with Crippen molar-refractivity contribution in [1.29, 1.82) is 0 Å². The third-order valence-corrected chi connectivity index (χ3v) is 2.93. The van der Waals surface area contributed by atoms with Crippen molar-refractivity contribution >= 4 is 35.0 Å². The maximum atomic E-state index is 11.6. The van der Waals surface area contributed by atoms with Gasteiger partial charge in [-0.1, -0.05) is 35.3 Å². The van der Waals surface area contributed by atoms with E-state index in [-0.39, 0.29) is 10.8 Å². The van der Waals surface area contributed by atoms with E-state index < -0.39 is 5.97 Å². The zero-order valence-electron chi connectivity index (χ0n) is 10.6. The Morgan fingerprint density at radius 2 is 2.00 bits per heavy atom. The first-order valence-electron chi connectivity index (χ1n) is 5.69. The van der Waals surface area contributed by atoms with Crippen LogP contribution in [0.25, 0.3) is 0 Å². The molecule has 5 nitrogen and oxygen atoms in total. The van der Waals surface area contributed by atoms with Crippen molar-refractivity contribution in [1.82, 2.24) is 9.97 Å². The molecular formula is C13H11Cl2N3O2. The highest BCUT2D eigenvalue weighted by Crippen LogP contribution is 2.16. The molecule has 1 heterocycles. The van der Waals surface area contributed by atoms with Gasteiger partial charge in [-0.3, -0.25) is 0 Å². The SMILES string of the molecule is COC(=O)c1nc(Cl)cnc1NCc1ccc(Cl)cc1. The second-order valence-electron chi connectivity index (χ2n) is 3.86. The molecule has 7 heteroatoms. The largest absolute Gasteiger partial charge is 0.464 e. The van der Waals surface area contributed by atoms with Crippen LogP contribution in [0.3, 0.4) is 0 Å². The summed E-state index contributed by atoms with van der Waals surface area (Å²) < 4.78 is 4.64. The zero-order valence-corrected chi connectivity index (χ0v) is 12.1. The van der Waals surface area contributed by atoms with E-state index in [0.717, 1.165) is 5.56 Å². The predicted molar refractivity (Wildman–Crippen MR) is 77.2 cm³/mol. The Morgan fingerprint density at radius 1 is 1.30 bits per heavy atom. The number of aromatic nitrogens is 2. The van der Waals surface area contributed by atoms with E-state index in [1.54, 1.807) is 12.1 Å². The Morgan fingerprint density at radius 3 is 2.65 bits per heavy atom. The fourth-order valence-corrected chi connectivity index (χ4v) is 1.78. The lowest BCUT2D eigenvalue weighted by molar-refractivity contribution is 0.0595. The average Bonchev–Trinajstić information content (AvgIpc) is 2.46. The summed E-state index contributed by atoms with van der Waals surface area (Å²) in [6, 6.07) is 7.31. The number of carbonyl (C=O) groups excluding carboxylic acids is 1. The smallest absolute Gasteiger partial charge is 0.360 e. The molecule has 20 heavy (non-hydrogen) atoms. The molecule has 104 valence electrons. The van der Waals surface area contributed by atoms with E-state index in [0.29, 0.717) is 17.4 Å². The number of nitrogens with zero attached hydrogens (tertiary/aromatic N) is 2. The van der Waals surface area contributed by atoms with E-state index >= 15 is 0 Å². The Kier molecular flexibility index (Phi) is 4.76. The van der Waals surface area contributed by atoms with Crippen LogP contribution in [-0.2, 0) is 11.3 Å². The van der Waals surface area contributed by atoms with E-state index in [9.17, 15) is 4.79 Å². The number of anilines is 1. The predicted octanol–water partition coefficient (Wildman–Crippen LogP) is 3.18. The van der Waals surface area contributed by atoms with E-state index in [1.807, 2.05) is 12.1 Å². The molecule has 2 aromatic rings. The highest BCUT2D eigenvalue weighted by atomic mass is 35.5. The van der Waals surface area contributed by atoms with E-state index in [2.05, 4.69) is 20.0 Å². The van der Waals surface area contributed by atoms with Crippen LogP contribution in [0.1, 0.15) is 16.1 Å². The molecule has 0 saturated heterocycles. The maximum absolute atomic E-state index is 11.6. The highest BCUT2D eigenvalue weighted by Gasteiger charge is 2.15. The van der Waals surface area contributed by atoms with Crippen LogP contribution >= 0.6 is 23.2 Å². The third kappa shape index (κ3) is 3.59. The van der Waals surface area contributed by atoms with Gasteiger partial charge in [0.25, 0.3) is 0 Å². The third-order valence-electron chi connectivity index (χ3n) is 2.50. The van der Waals surface area contributed by atoms with Crippen LogP contribution < -0.4 is 5.32 Å². The van der Waals surface area contributed by atoms with Gasteiger partial charge in [-0.05, 0) is 17.7 Å². The molecule has 1 aromatic carbocycles. The molecule has 0 atom stereocenters. The van der Waals surface area contributed by atoms with Crippen molar-refractivity contribution in [3.63, 3.8) is 0 Å². The molecule has 0 radical (unpaired) electrons. The van der Waals surface area contributed by atoms with Crippen molar-refractivity contribution in [2.24, 2.45) is 0 Å². The van der Waals surface area contributed by atoms with Gasteiger partial charge < -0.3 is 10.1 Å². The van der Waals surface area contributed by atoms with Crippen molar-refractivity contribution in [3.05, 3.63) is 51.9 Å². The second kappa shape index (κ2) is 6.54. The second-order valence-corrected chi connectivity index (χ2v) is 4.69. The zero-order chi connectivity index (χ0) is 14.5. The van der Waals surface area contributed by atoms with Gasteiger partial charge >= 0.3 is 5.97 Å². The number of benzene rings is 1. The number of ether oxygens (including phenoxy) is 1. The molecule has 0 spiro atoms. The first-order chi connectivity index (χ1) is 9.60. The summed E-state index contributed by atoms with van der Waals surface area (Å²) in [5, 5.41) is 3.80. The number of carbonyl (C=O) groups is 1. The summed E-state index contributed by atoms with van der Waals surface area (Å²) in [4.78, 5) is 19.6. The van der Waals surface area contributed by atoms with Crippen molar-refractivity contribution in [2.45, 2.75) is 6.54 Å². The van der Waals surface area contributed by atoms with Crippen LogP contribution in [0.2, 0.25) is 10.2 Å². The lowest BCUT2D eigenvalue weighted by Gasteiger charge is -2.09. The molecular weight excluding hydrogens is 301 g/mol. The van der Waals surface area contributed by atoms with Gasteiger partial charge in [-0.15, -0.1) is 0 Å². The molecule has 0 aliphatic carbocycles. The van der Waals surface area contributed by atoms with Gasteiger partial charge in [0.1, 0.15) is 5.15 Å². The number of nitrogens with one attached hydrogen (secondary N) is 1. The quantitative estimate of drug-likeness (QED) is 0.879. The summed E-state index contributed by atoms with van der Waals surface area (Å²) in [6.45, 7) is 0.470. The standard InChI is InChI=1S/C13H11Cl2N3O2/c1-20-13(19)11-12(17-7-10(15)18-11)16-6-8-2-4-9(14)5-3-8/h2-5,7H,6H2,1H3,(H,16,17). The number of hydrogen-bond acceptors (Lipinski definition) is 5. The fourth-order valence-electron chi connectivity index (χ4n) is 1.52. The van der Waals surface area contributed by atoms with Gasteiger partial charge in [0.15, 0.2) is 11.5 Å². The monoisotopic (exact) mass is 311 g/mol.